The minimum Gasteiger partial charge on any atom is -0.481 e. The highest BCUT2D eigenvalue weighted by atomic mass is 32.2. The molecule has 2 bridgehead atoms. The van der Waals surface area contributed by atoms with E-state index < -0.39 is 5.97 Å². The van der Waals surface area contributed by atoms with Crippen LogP contribution in [0.1, 0.15) is 31.0 Å². The van der Waals surface area contributed by atoms with Crippen LogP contribution in [0.4, 0.5) is 0 Å². The maximum Gasteiger partial charge on any atom is 0.313 e. The first-order valence-corrected chi connectivity index (χ1v) is 7.89. The van der Waals surface area contributed by atoms with Crippen molar-refractivity contribution in [2.45, 2.75) is 30.3 Å². The molecule has 4 rings (SSSR count). The van der Waals surface area contributed by atoms with E-state index in [1.165, 1.54) is 31.0 Å². The van der Waals surface area contributed by atoms with E-state index in [0.717, 1.165) is 34.7 Å². The molecule has 1 N–H and O–H groups in total. The van der Waals surface area contributed by atoms with Gasteiger partial charge in [0.1, 0.15) is 5.82 Å². The predicted octanol–water partition coefficient (Wildman–Crippen LogP) is 1.75. The molecule has 5 nitrogen and oxygen atoms in total. The van der Waals surface area contributed by atoms with Crippen LogP contribution >= 0.6 is 11.8 Å². The number of rotatable bonds is 4. The van der Waals surface area contributed by atoms with Gasteiger partial charge in [-0.15, -0.1) is 10.2 Å². The molecule has 0 radical (unpaired) electrons. The van der Waals surface area contributed by atoms with Gasteiger partial charge in [0.25, 0.3) is 0 Å². The van der Waals surface area contributed by atoms with E-state index in [-0.39, 0.29) is 5.75 Å². The average Bonchev–Trinajstić information content (AvgIpc) is 2.74. The molecule has 0 saturated heterocycles. The van der Waals surface area contributed by atoms with E-state index in [0.29, 0.717) is 5.92 Å². The second kappa shape index (κ2) is 3.98. The van der Waals surface area contributed by atoms with Crippen molar-refractivity contribution in [1.29, 1.82) is 0 Å². The summed E-state index contributed by atoms with van der Waals surface area (Å²) in [6, 6.07) is 0. The largest absolute Gasteiger partial charge is 0.481 e. The molecule has 3 aliphatic rings. The van der Waals surface area contributed by atoms with Gasteiger partial charge in [0.2, 0.25) is 0 Å². The maximum absolute atomic E-state index is 10.6. The molecule has 19 heavy (non-hydrogen) atoms. The summed E-state index contributed by atoms with van der Waals surface area (Å²) in [5.41, 5.74) is 0. The van der Waals surface area contributed by atoms with E-state index in [2.05, 4.69) is 10.2 Å². The molecule has 1 aromatic heterocycles. The standard InChI is InChI=1S/C13H17N3O2S/c1-16-12(14-15-13(16)19-5-8(17)18)11-9-6-2-3-7(4-6)10(9)11/h6-7,9-11H,2-5H2,1H3,(H,17,18). The van der Waals surface area contributed by atoms with Gasteiger partial charge < -0.3 is 9.67 Å². The number of hydrogen-bond acceptors (Lipinski definition) is 4. The van der Waals surface area contributed by atoms with Crippen molar-refractivity contribution >= 4 is 17.7 Å². The Bertz CT molecular complexity index is 528. The lowest BCUT2D eigenvalue weighted by Crippen LogP contribution is -2.05. The summed E-state index contributed by atoms with van der Waals surface area (Å²) in [5.74, 6) is 4.46. The van der Waals surface area contributed by atoms with Crippen molar-refractivity contribution in [2.75, 3.05) is 5.75 Å². The summed E-state index contributed by atoms with van der Waals surface area (Å²) in [4.78, 5) is 10.6. The minimum atomic E-state index is -0.809. The zero-order valence-electron chi connectivity index (χ0n) is 10.8. The van der Waals surface area contributed by atoms with Crippen LogP contribution in [-0.4, -0.2) is 31.6 Å². The third-order valence-corrected chi connectivity index (χ3v) is 6.23. The van der Waals surface area contributed by atoms with Crippen molar-refractivity contribution in [3.8, 4) is 0 Å². The number of carboxylic acid groups (broad SMARTS) is 1. The maximum atomic E-state index is 10.6. The molecule has 3 fully saturated rings. The number of fused-ring (bicyclic) bond motifs is 5. The molecule has 6 heteroatoms. The van der Waals surface area contributed by atoms with E-state index in [9.17, 15) is 4.79 Å². The second-order valence-corrected chi connectivity index (χ2v) is 7.04. The molecule has 0 aromatic carbocycles. The number of aromatic nitrogens is 3. The smallest absolute Gasteiger partial charge is 0.313 e. The van der Waals surface area contributed by atoms with Gasteiger partial charge in [-0.05, 0) is 42.9 Å². The quantitative estimate of drug-likeness (QED) is 0.850. The zero-order chi connectivity index (χ0) is 13.1. The number of nitrogens with zero attached hydrogens (tertiary/aromatic N) is 3. The first kappa shape index (κ1) is 11.8. The topological polar surface area (TPSA) is 68.0 Å². The van der Waals surface area contributed by atoms with Gasteiger partial charge in [0.05, 0.1) is 5.75 Å². The lowest BCUT2D eigenvalue weighted by molar-refractivity contribution is -0.133. The van der Waals surface area contributed by atoms with Crippen LogP contribution in [-0.2, 0) is 11.8 Å². The molecule has 0 amide bonds. The average molecular weight is 279 g/mol. The number of carbonyl (C=O) groups is 1. The van der Waals surface area contributed by atoms with Crippen LogP contribution in [0, 0.1) is 23.7 Å². The van der Waals surface area contributed by atoms with Gasteiger partial charge in [-0.2, -0.15) is 0 Å². The molecule has 4 unspecified atom stereocenters. The van der Waals surface area contributed by atoms with Crippen molar-refractivity contribution in [2.24, 2.45) is 30.7 Å². The highest BCUT2D eigenvalue weighted by molar-refractivity contribution is 7.99. The number of carboxylic acids is 1. The highest BCUT2D eigenvalue weighted by Crippen LogP contribution is 2.72. The Kier molecular flexibility index (Phi) is 2.46. The van der Waals surface area contributed by atoms with Crippen LogP contribution < -0.4 is 0 Å². The van der Waals surface area contributed by atoms with Gasteiger partial charge in [0, 0.05) is 13.0 Å². The lowest BCUT2D eigenvalue weighted by Gasteiger charge is -2.08. The molecule has 3 aliphatic carbocycles. The fraction of sp³-hybridized carbons (Fsp3) is 0.769. The SMILES string of the molecule is Cn1c(SCC(=O)O)nnc1C1C2C3CCC(C3)C12. The zero-order valence-corrected chi connectivity index (χ0v) is 11.6. The summed E-state index contributed by atoms with van der Waals surface area (Å²) in [5, 5.41) is 17.9. The Labute approximate surface area is 115 Å². The lowest BCUT2D eigenvalue weighted by atomic mass is 10.0. The van der Waals surface area contributed by atoms with E-state index >= 15 is 0 Å². The molecular weight excluding hydrogens is 262 g/mol. The summed E-state index contributed by atoms with van der Waals surface area (Å²) >= 11 is 1.26. The van der Waals surface area contributed by atoms with Crippen LogP contribution in [0.15, 0.2) is 5.16 Å². The van der Waals surface area contributed by atoms with Gasteiger partial charge >= 0.3 is 5.97 Å². The van der Waals surface area contributed by atoms with Crippen molar-refractivity contribution in [1.82, 2.24) is 14.8 Å². The fourth-order valence-electron chi connectivity index (χ4n) is 4.54. The first-order valence-electron chi connectivity index (χ1n) is 6.90. The molecule has 1 heterocycles. The van der Waals surface area contributed by atoms with Crippen molar-refractivity contribution in [3.63, 3.8) is 0 Å². The summed E-state index contributed by atoms with van der Waals surface area (Å²) < 4.78 is 2.01. The normalized spacial score (nSPS) is 38.5. The molecule has 1 aromatic rings. The Morgan fingerprint density at radius 1 is 1.37 bits per heavy atom. The van der Waals surface area contributed by atoms with Gasteiger partial charge in [0.15, 0.2) is 5.16 Å². The van der Waals surface area contributed by atoms with Crippen LogP contribution in [0.5, 0.6) is 0 Å². The van der Waals surface area contributed by atoms with Crippen LogP contribution in [0.3, 0.4) is 0 Å². The molecule has 3 saturated carbocycles. The molecule has 102 valence electrons. The monoisotopic (exact) mass is 279 g/mol. The Morgan fingerprint density at radius 2 is 2.05 bits per heavy atom. The minimum absolute atomic E-state index is 0.0503. The van der Waals surface area contributed by atoms with Crippen molar-refractivity contribution in [3.05, 3.63) is 5.82 Å². The van der Waals surface area contributed by atoms with Gasteiger partial charge in [-0.1, -0.05) is 11.8 Å². The van der Waals surface area contributed by atoms with Crippen LogP contribution in [0.25, 0.3) is 0 Å². The van der Waals surface area contributed by atoms with E-state index in [4.69, 9.17) is 5.11 Å². The first-order chi connectivity index (χ1) is 9.16. The molecule has 4 atom stereocenters. The Balaban J connectivity index is 1.53. The van der Waals surface area contributed by atoms with Crippen molar-refractivity contribution < 1.29 is 9.90 Å². The highest BCUT2D eigenvalue weighted by Gasteiger charge is 2.66. The Hall–Kier alpha value is -1.04. The number of aliphatic carboxylic acids is 1. The predicted molar refractivity (Wildman–Crippen MR) is 69.9 cm³/mol. The molecule has 0 aliphatic heterocycles. The van der Waals surface area contributed by atoms with Gasteiger partial charge in [-0.3, -0.25) is 4.79 Å². The third-order valence-electron chi connectivity index (χ3n) is 5.23. The summed E-state index contributed by atoms with van der Waals surface area (Å²) in [7, 11) is 1.97. The summed E-state index contributed by atoms with van der Waals surface area (Å²) in [6.45, 7) is 0. The second-order valence-electron chi connectivity index (χ2n) is 6.10. The Morgan fingerprint density at radius 3 is 2.68 bits per heavy atom. The number of hydrogen-bond donors (Lipinski definition) is 1. The van der Waals surface area contributed by atoms with E-state index in [1.54, 1.807) is 0 Å². The van der Waals surface area contributed by atoms with Gasteiger partial charge in [-0.25, -0.2) is 0 Å². The van der Waals surface area contributed by atoms with Crippen LogP contribution in [0.2, 0.25) is 0 Å². The molecule has 0 spiro atoms. The fourth-order valence-corrected chi connectivity index (χ4v) is 5.18. The molecular formula is C13H17N3O2S. The number of thioether (sulfide) groups is 1. The third kappa shape index (κ3) is 1.65. The summed E-state index contributed by atoms with van der Waals surface area (Å²) in [6.07, 6.45) is 4.24. The van der Waals surface area contributed by atoms with E-state index in [1.807, 2.05) is 11.6 Å².